The summed E-state index contributed by atoms with van der Waals surface area (Å²) in [7, 11) is 1.30. The number of halogens is 2. The van der Waals surface area contributed by atoms with Crippen LogP contribution in [0.3, 0.4) is 0 Å². The van der Waals surface area contributed by atoms with Crippen LogP contribution in [0.1, 0.15) is 15.9 Å². The van der Waals surface area contributed by atoms with Crippen LogP contribution in [0.5, 0.6) is 0 Å². The summed E-state index contributed by atoms with van der Waals surface area (Å²) in [5, 5.41) is 2.97. The molecule has 0 aromatic heterocycles. The Morgan fingerprint density at radius 3 is 2.70 bits per heavy atom. The summed E-state index contributed by atoms with van der Waals surface area (Å²) < 4.78 is 30.9. The molecular formula is C15H13F2NO2. The van der Waals surface area contributed by atoms with Crippen LogP contribution in [0.2, 0.25) is 0 Å². The van der Waals surface area contributed by atoms with Crippen LogP contribution in [-0.4, -0.2) is 13.1 Å². The Kier molecular flexibility index (Phi) is 4.30. The zero-order valence-electron chi connectivity index (χ0n) is 10.8. The van der Waals surface area contributed by atoms with Gasteiger partial charge in [0, 0.05) is 23.9 Å². The van der Waals surface area contributed by atoms with Crippen LogP contribution in [0.25, 0.3) is 0 Å². The van der Waals surface area contributed by atoms with E-state index >= 15 is 0 Å². The number of esters is 1. The maximum atomic E-state index is 13.5. The minimum atomic E-state index is -0.612. The average Bonchev–Trinajstić information content (AvgIpc) is 2.46. The van der Waals surface area contributed by atoms with Gasteiger partial charge in [-0.15, -0.1) is 0 Å². The van der Waals surface area contributed by atoms with Crippen molar-refractivity contribution in [2.45, 2.75) is 6.54 Å². The van der Waals surface area contributed by atoms with Gasteiger partial charge in [-0.1, -0.05) is 12.1 Å². The molecule has 0 saturated heterocycles. The molecule has 0 radical (unpaired) electrons. The van der Waals surface area contributed by atoms with E-state index in [1.807, 2.05) is 0 Å². The number of hydrogen-bond donors (Lipinski definition) is 1. The van der Waals surface area contributed by atoms with Gasteiger partial charge < -0.3 is 10.1 Å². The third-order valence-corrected chi connectivity index (χ3v) is 2.78. The van der Waals surface area contributed by atoms with E-state index in [1.54, 1.807) is 24.3 Å². The Labute approximate surface area is 115 Å². The molecule has 0 fully saturated rings. The van der Waals surface area contributed by atoms with Crippen molar-refractivity contribution in [2.24, 2.45) is 0 Å². The van der Waals surface area contributed by atoms with Crippen molar-refractivity contribution >= 4 is 11.7 Å². The van der Waals surface area contributed by atoms with Crippen molar-refractivity contribution < 1.29 is 18.3 Å². The standard InChI is InChI=1S/C15H13F2NO2/c1-20-15(19)10-3-2-4-13(7-10)18-9-11-5-6-12(16)8-14(11)17/h2-8,18H,9H2,1H3. The highest BCUT2D eigenvalue weighted by molar-refractivity contribution is 5.90. The highest BCUT2D eigenvalue weighted by atomic mass is 19.1. The van der Waals surface area contributed by atoms with Gasteiger partial charge in [-0.25, -0.2) is 13.6 Å². The van der Waals surface area contributed by atoms with Gasteiger partial charge in [-0.2, -0.15) is 0 Å². The van der Waals surface area contributed by atoms with E-state index < -0.39 is 17.6 Å². The van der Waals surface area contributed by atoms with Crippen LogP contribution in [-0.2, 0) is 11.3 Å². The summed E-state index contributed by atoms with van der Waals surface area (Å²) in [6, 6.07) is 10.1. The number of nitrogens with one attached hydrogen (secondary N) is 1. The Bertz CT molecular complexity index is 629. The maximum absolute atomic E-state index is 13.5. The number of carbonyl (C=O) groups excluding carboxylic acids is 1. The SMILES string of the molecule is COC(=O)c1cccc(NCc2ccc(F)cc2F)c1. The van der Waals surface area contributed by atoms with Crippen molar-refractivity contribution in [3.63, 3.8) is 0 Å². The van der Waals surface area contributed by atoms with Gasteiger partial charge in [-0.3, -0.25) is 0 Å². The first kappa shape index (κ1) is 14.0. The van der Waals surface area contributed by atoms with Crippen molar-refractivity contribution in [1.29, 1.82) is 0 Å². The lowest BCUT2D eigenvalue weighted by molar-refractivity contribution is 0.0601. The van der Waals surface area contributed by atoms with Gasteiger partial charge in [0.1, 0.15) is 11.6 Å². The highest BCUT2D eigenvalue weighted by Gasteiger charge is 2.07. The Morgan fingerprint density at radius 2 is 2.00 bits per heavy atom. The first-order valence-electron chi connectivity index (χ1n) is 5.96. The summed E-state index contributed by atoms with van der Waals surface area (Å²) >= 11 is 0. The molecule has 5 heteroatoms. The lowest BCUT2D eigenvalue weighted by Crippen LogP contribution is -2.05. The smallest absolute Gasteiger partial charge is 0.337 e. The molecule has 2 aromatic rings. The van der Waals surface area contributed by atoms with Crippen molar-refractivity contribution in [1.82, 2.24) is 0 Å². The van der Waals surface area contributed by atoms with Crippen LogP contribution in [0, 0.1) is 11.6 Å². The van der Waals surface area contributed by atoms with E-state index in [0.29, 0.717) is 16.8 Å². The van der Waals surface area contributed by atoms with Gasteiger partial charge in [0.25, 0.3) is 0 Å². The molecule has 0 bridgehead atoms. The van der Waals surface area contributed by atoms with Gasteiger partial charge >= 0.3 is 5.97 Å². The van der Waals surface area contributed by atoms with Crippen LogP contribution < -0.4 is 5.32 Å². The lowest BCUT2D eigenvalue weighted by atomic mass is 10.1. The largest absolute Gasteiger partial charge is 0.465 e. The third kappa shape index (κ3) is 3.32. The summed E-state index contributed by atoms with van der Waals surface area (Å²) in [5.74, 6) is -1.66. The maximum Gasteiger partial charge on any atom is 0.337 e. The molecule has 2 rings (SSSR count). The summed E-state index contributed by atoms with van der Waals surface area (Å²) in [6.07, 6.45) is 0. The van der Waals surface area contributed by atoms with Gasteiger partial charge in [0.2, 0.25) is 0 Å². The zero-order chi connectivity index (χ0) is 14.5. The molecule has 0 amide bonds. The van der Waals surface area contributed by atoms with Crippen LogP contribution >= 0.6 is 0 Å². The second-order valence-electron chi connectivity index (χ2n) is 4.16. The predicted octanol–water partition coefficient (Wildman–Crippen LogP) is 3.36. The first-order chi connectivity index (χ1) is 9.60. The minimum absolute atomic E-state index is 0.191. The van der Waals surface area contributed by atoms with Crippen LogP contribution in [0.15, 0.2) is 42.5 Å². The molecular weight excluding hydrogens is 264 g/mol. The summed E-state index contributed by atoms with van der Waals surface area (Å²) in [5.41, 5.74) is 1.39. The molecule has 104 valence electrons. The Morgan fingerprint density at radius 1 is 1.20 bits per heavy atom. The molecule has 0 saturated carbocycles. The number of methoxy groups -OCH3 is 1. The molecule has 0 heterocycles. The number of ether oxygens (including phenoxy) is 1. The Balaban J connectivity index is 2.09. The normalized spacial score (nSPS) is 10.2. The van der Waals surface area contributed by atoms with Crippen molar-refractivity contribution in [3.05, 3.63) is 65.2 Å². The topological polar surface area (TPSA) is 38.3 Å². The van der Waals surface area contributed by atoms with E-state index in [4.69, 9.17) is 0 Å². The second-order valence-corrected chi connectivity index (χ2v) is 4.16. The minimum Gasteiger partial charge on any atom is -0.465 e. The molecule has 0 aliphatic carbocycles. The van der Waals surface area contributed by atoms with Crippen molar-refractivity contribution in [3.8, 4) is 0 Å². The second kappa shape index (κ2) is 6.14. The monoisotopic (exact) mass is 277 g/mol. The van der Waals surface area contributed by atoms with E-state index in [2.05, 4.69) is 10.1 Å². The molecule has 0 aliphatic heterocycles. The highest BCUT2D eigenvalue weighted by Crippen LogP contribution is 2.15. The number of hydrogen-bond acceptors (Lipinski definition) is 3. The number of anilines is 1. The quantitative estimate of drug-likeness (QED) is 0.871. The molecule has 0 atom stereocenters. The lowest BCUT2D eigenvalue weighted by Gasteiger charge is -2.08. The predicted molar refractivity (Wildman–Crippen MR) is 71.5 cm³/mol. The van der Waals surface area contributed by atoms with Gasteiger partial charge in [0.15, 0.2) is 0 Å². The molecule has 1 N–H and O–H groups in total. The summed E-state index contributed by atoms with van der Waals surface area (Å²) in [4.78, 5) is 11.4. The number of carbonyl (C=O) groups is 1. The molecule has 0 spiro atoms. The summed E-state index contributed by atoms with van der Waals surface area (Å²) in [6.45, 7) is 0.191. The van der Waals surface area contributed by atoms with E-state index in [-0.39, 0.29) is 6.54 Å². The van der Waals surface area contributed by atoms with Gasteiger partial charge in [-0.05, 0) is 24.3 Å². The van der Waals surface area contributed by atoms with Crippen molar-refractivity contribution in [2.75, 3.05) is 12.4 Å². The Hall–Kier alpha value is -2.43. The fourth-order valence-electron chi connectivity index (χ4n) is 1.74. The number of benzene rings is 2. The third-order valence-electron chi connectivity index (χ3n) is 2.78. The zero-order valence-corrected chi connectivity index (χ0v) is 10.8. The van der Waals surface area contributed by atoms with E-state index in [9.17, 15) is 13.6 Å². The molecule has 2 aromatic carbocycles. The van der Waals surface area contributed by atoms with E-state index in [0.717, 1.165) is 6.07 Å². The average molecular weight is 277 g/mol. The molecule has 20 heavy (non-hydrogen) atoms. The van der Waals surface area contributed by atoms with Crippen LogP contribution in [0.4, 0.5) is 14.5 Å². The fraction of sp³-hybridized carbons (Fsp3) is 0.133. The molecule has 0 unspecified atom stereocenters. The first-order valence-corrected chi connectivity index (χ1v) is 5.96. The fourth-order valence-corrected chi connectivity index (χ4v) is 1.74. The number of rotatable bonds is 4. The van der Waals surface area contributed by atoms with E-state index in [1.165, 1.54) is 19.2 Å². The van der Waals surface area contributed by atoms with Gasteiger partial charge in [0.05, 0.1) is 12.7 Å². The molecule has 3 nitrogen and oxygen atoms in total. The molecule has 0 aliphatic rings.